The predicted molar refractivity (Wildman–Crippen MR) is 145 cm³/mol. The summed E-state index contributed by atoms with van der Waals surface area (Å²) in [6, 6.07) is 2.54. The number of alkyl halides is 2. The number of oxazole rings is 1. The van der Waals surface area contributed by atoms with Crippen molar-refractivity contribution in [2.75, 3.05) is 52.5 Å². The van der Waals surface area contributed by atoms with Crippen LogP contribution in [-0.2, 0) is 14.3 Å². The van der Waals surface area contributed by atoms with Crippen LogP contribution in [0.1, 0.15) is 48.5 Å². The van der Waals surface area contributed by atoms with Gasteiger partial charge in [-0.15, -0.1) is 0 Å². The molecule has 2 atom stereocenters. The molecule has 5 N–H and O–H groups in total. The number of morpholine rings is 1. The third-order valence-corrected chi connectivity index (χ3v) is 6.92. The second-order valence-electron chi connectivity index (χ2n) is 9.98. The summed E-state index contributed by atoms with van der Waals surface area (Å²) in [5, 5.41) is 3.03. The third-order valence-electron chi connectivity index (χ3n) is 6.92. The maximum atomic E-state index is 13.4. The Hall–Kier alpha value is -3.82. The molecule has 3 amide bonds. The van der Waals surface area contributed by atoms with Gasteiger partial charge in [-0.2, -0.15) is 8.78 Å². The van der Waals surface area contributed by atoms with Crippen molar-refractivity contribution >= 4 is 17.7 Å². The van der Waals surface area contributed by atoms with Crippen molar-refractivity contribution in [3.05, 3.63) is 29.7 Å². The fourth-order valence-corrected chi connectivity index (χ4v) is 4.73. The number of halogens is 2. The maximum absolute atomic E-state index is 13.4. The second-order valence-corrected chi connectivity index (χ2v) is 9.98. The van der Waals surface area contributed by atoms with Crippen LogP contribution in [0.15, 0.2) is 22.6 Å². The number of hydrogen-bond donors (Lipinski definition) is 3. The number of carbonyl (C=O) groups excluding carboxylic acids is 3. The minimum absolute atomic E-state index is 0.000893. The lowest BCUT2D eigenvalue weighted by Gasteiger charge is -2.33. The molecule has 1 aromatic heterocycles. The summed E-state index contributed by atoms with van der Waals surface area (Å²) in [6.45, 7) is 1.72. The Morgan fingerprint density at radius 3 is 2.62 bits per heavy atom. The Morgan fingerprint density at radius 1 is 1.17 bits per heavy atom. The van der Waals surface area contributed by atoms with Crippen molar-refractivity contribution in [2.24, 2.45) is 11.5 Å². The molecule has 0 spiro atoms. The number of rotatable bonds is 12. The zero-order valence-electron chi connectivity index (χ0n) is 23.4. The fraction of sp³-hybridized carbons (Fsp3) is 0.556. The Kier molecular flexibility index (Phi) is 10.7. The van der Waals surface area contributed by atoms with Crippen LogP contribution in [0.2, 0.25) is 0 Å². The molecule has 2 fully saturated rings. The Balaban J connectivity index is 1.49. The molecule has 15 heteroatoms. The van der Waals surface area contributed by atoms with E-state index in [9.17, 15) is 23.2 Å². The third kappa shape index (κ3) is 7.72. The van der Waals surface area contributed by atoms with Crippen LogP contribution < -0.4 is 26.3 Å². The fourth-order valence-electron chi connectivity index (χ4n) is 4.73. The molecule has 2 saturated heterocycles. The summed E-state index contributed by atoms with van der Waals surface area (Å²) < 4.78 is 47.7. The first-order valence-corrected chi connectivity index (χ1v) is 13.8. The number of amides is 3. The Bertz CT molecular complexity index is 1250. The number of aromatic nitrogens is 1. The minimum Gasteiger partial charge on any atom is -0.490 e. The van der Waals surface area contributed by atoms with E-state index in [4.69, 9.17) is 25.4 Å². The molecule has 2 aliphatic rings. The van der Waals surface area contributed by atoms with E-state index in [1.54, 1.807) is 11.8 Å². The van der Waals surface area contributed by atoms with Crippen molar-refractivity contribution in [1.29, 1.82) is 0 Å². The molecule has 0 bridgehead atoms. The van der Waals surface area contributed by atoms with E-state index in [1.165, 1.54) is 23.1 Å². The van der Waals surface area contributed by atoms with Gasteiger partial charge in [-0.3, -0.25) is 14.4 Å². The molecular weight excluding hydrogens is 558 g/mol. The van der Waals surface area contributed by atoms with E-state index in [1.807, 2.05) is 0 Å². The highest BCUT2D eigenvalue weighted by atomic mass is 19.3. The number of ether oxygens (including phenoxy) is 3. The summed E-state index contributed by atoms with van der Waals surface area (Å²) in [6.07, 6.45) is 1.37. The van der Waals surface area contributed by atoms with Crippen molar-refractivity contribution in [3.63, 3.8) is 0 Å². The first kappa shape index (κ1) is 31.1. The average molecular weight is 595 g/mol. The van der Waals surface area contributed by atoms with Crippen LogP contribution in [0.3, 0.4) is 0 Å². The first-order chi connectivity index (χ1) is 20.2. The lowest BCUT2D eigenvalue weighted by atomic mass is 10.1. The Labute approximate surface area is 241 Å². The molecule has 3 heterocycles. The number of nitrogens with one attached hydrogen (secondary N) is 1. The lowest BCUT2D eigenvalue weighted by Crippen LogP contribution is -2.58. The van der Waals surface area contributed by atoms with Crippen LogP contribution >= 0.6 is 0 Å². The van der Waals surface area contributed by atoms with Gasteiger partial charge >= 0.3 is 6.61 Å². The lowest BCUT2D eigenvalue weighted by molar-refractivity contribution is -0.135. The summed E-state index contributed by atoms with van der Waals surface area (Å²) in [5.41, 5.74) is 11.8. The van der Waals surface area contributed by atoms with Crippen molar-refractivity contribution in [2.45, 2.75) is 44.9 Å². The maximum Gasteiger partial charge on any atom is 0.387 e. The highest BCUT2D eigenvalue weighted by Crippen LogP contribution is 2.35. The molecule has 0 saturated carbocycles. The molecule has 13 nitrogen and oxygen atoms in total. The van der Waals surface area contributed by atoms with Gasteiger partial charge in [0.1, 0.15) is 6.04 Å². The van der Waals surface area contributed by atoms with Crippen LogP contribution in [-0.4, -0.2) is 97.7 Å². The molecule has 1 aromatic carbocycles. The number of nitrogens with two attached hydrogens (primary N) is 2. The highest BCUT2D eigenvalue weighted by molar-refractivity contribution is 5.97. The number of benzene rings is 1. The smallest absolute Gasteiger partial charge is 0.387 e. The standard InChI is InChI=1S/C27H36F2N6O7/c1-16(30)23-22(26(38)35-8-7-32-15-18(35)24(31)37)33-25(42-23)17-5-6-19(41-27(28)29)20(14-17)40-11-3-2-4-21(36)34-9-12-39-13-10-34/h5-6,14,16,18,27,32H,2-4,7-13,15,30H2,1H3,(H2,31,37)/t16-,18?/m0/s1. The van der Waals surface area contributed by atoms with Gasteiger partial charge in [-0.25, -0.2) is 4.98 Å². The van der Waals surface area contributed by atoms with Gasteiger partial charge < -0.3 is 45.2 Å². The first-order valence-electron chi connectivity index (χ1n) is 13.8. The highest BCUT2D eigenvalue weighted by Gasteiger charge is 2.35. The molecule has 0 aliphatic carbocycles. The van der Waals surface area contributed by atoms with Gasteiger partial charge in [0, 0.05) is 44.7 Å². The number of hydrogen-bond acceptors (Lipinski definition) is 10. The molecule has 1 unspecified atom stereocenters. The average Bonchev–Trinajstić information content (AvgIpc) is 3.43. The van der Waals surface area contributed by atoms with Gasteiger partial charge in [0.25, 0.3) is 5.91 Å². The van der Waals surface area contributed by atoms with Crippen LogP contribution in [0, 0.1) is 0 Å². The molecule has 230 valence electrons. The zero-order chi connectivity index (χ0) is 30.2. The van der Waals surface area contributed by atoms with Crippen molar-refractivity contribution in [3.8, 4) is 23.0 Å². The topological polar surface area (TPSA) is 175 Å². The second kappa shape index (κ2) is 14.4. The SMILES string of the molecule is C[C@H](N)c1oc(-c2ccc(OC(F)F)c(OCCCCC(=O)N3CCOCC3)c2)nc1C(=O)N1CCNCC1C(N)=O. The molecule has 0 radical (unpaired) electrons. The predicted octanol–water partition coefficient (Wildman–Crippen LogP) is 1.27. The number of unbranched alkanes of at least 4 members (excludes halogenated alkanes) is 1. The number of piperazine rings is 1. The summed E-state index contributed by atoms with van der Waals surface area (Å²) >= 11 is 0. The van der Waals surface area contributed by atoms with Gasteiger partial charge in [0.05, 0.1) is 25.9 Å². The van der Waals surface area contributed by atoms with E-state index in [0.717, 1.165) is 0 Å². The van der Waals surface area contributed by atoms with Crippen LogP contribution in [0.5, 0.6) is 11.5 Å². The zero-order valence-corrected chi connectivity index (χ0v) is 23.4. The van der Waals surface area contributed by atoms with E-state index in [0.29, 0.717) is 57.7 Å². The molecule has 42 heavy (non-hydrogen) atoms. The largest absolute Gasteiger partial charge is 0.490 e. The van der Waals surface area contributed by atoms with Gasteiger partial charge in [-0.1, -0.05) is 0 Å². The summed E-state index contributed by atoms with van der Waals surface area (Å²) in [5.74, 6) is -1.29. The molecule has 4 rings (SSSR count). The molecule has 2 aromatic rings. The van der Waals surface area contributed by atoms with Crippen molar-refractivity contribution in [1.82, 2.24) is 20.1 Å². The molecular formula is C27H36F2N6O7. The van der Waals surface area contributed by atoms with E-state index in [-0.39, 0.29) is 54.4 Å². The monoisotopic (exact) mass is 594 g/mol. The number of carbonyl (C=O) groups is 3. The van der Waals surface area contributed by atoms with Crippen molar-refractivity contribution < 1.29 is 41.8 Å². The quantitative estimate of drug-likeness (QED) is 0.304. The Morgan fingerprint density at radius 2 is 1.93 bits per heavy atom. The van der Waals surface area contributed by atoms with Crippen LogP contribution in [0.4, 0.5) is 8.78 Å². The van der Waals surface area contributed by atoms with Gasteiger partial charge in [0.2, 0.25) is 17.7 Å². The minimum atomic E-state index is -3.09. The number of nitrogens with zero attached hydrogens (tertiary/aromatic N) is 3. The van der Waals surface area contributed by atoms with E-state index < -0.39 is 30.5 Å². The number of primary amides is 1. The molecule has 2 aliphatic heterocycles. The summed E-state index contributed by atoms with van der Waals surface area (Å²) in [7, 11) is 0. The summed E-state index contributed by atoms with van der Waals surface area (Å²) in [4.78, 5) is 45.2. The van der Waals surface area contributed by atoms with Crippen LogP contribution in [0.25, 0.3) is 11.5 Å². The van der Waals surface area contributed by atoms with Gasteiger partial charge in [-0.05, 0) is 38.0 Å². The van der Waals surface area contributed by atoms with E-state index in [2.05, 4.69) is 15.0 Å². The van der Waals surface area contributed by atoms with Gasteiger partial charge in [0.15, 0.2) is 23.0 Å². The normalized spacial score (nSPS) is 18.2. The van der Waals surface area contributed by atoms with E-state index >= 15 is 0 Å².